The van der Waals surface area contributed by atoms with Gasteiger partial charge >= 0.3 is 0 Å². The number of nitrogens with zero attached hydrogens (tertiary/aromatic N) is 3. The molecule has 0 spiro atoms. The molecular weight excluding hydrogens is 457 g/mol. The number of rotatable bonds is 6. The van der Waals surface area contributed by atoms with E-state index in [1.54, 1.807) is 17.0 Å². The van der Waals surface area contributed by atoms with Gasteiger partial charge in [0.1, 0.15) is 5.82 Å². The molecule has 2 fully saturated rings. The number of hydrogen-bond donors (Lipinski definition) is 1. The fourth-order valence-electron chi connectivity index (χ4n) is 4.87. The first-order chi connectivity index (χ1) is 16.6. The summed E-state index contributed by atoms with van der Waals surface area (Å²) in [6.07, 6.45) is -0.344. The number of benzene rings is 1. The number of alkyl halides is 2. The van der Waals surface area contributed by atoms with Crippen molar-refractivity contribution in [3.8, 4) is 0 Å². The van der Waals surface area contributed by atoms with Crippen molar-refractivity contribution < 1.29 is 22.8 Å². The van der Waals surface area contributed by atoms with Crippen molar-refractivity contribution in [2.75, 3.05) is 25.0 Å². The topological polar surface area (TPSA) is 65.5 Å². The number of carbonyl (C=O) groups is 2. The van der Waals surface area contributed by atoms with Crippen LogP contribution in [0, 0.1) is 31.5 Å². The second-order valence-corrected chi connectivity index (χ2v) is 9.76. The molecule has 0 unspecified atom stereocenters. The Kier molecular flexibility index (Phi) is 7.44. The molecule has 1 saturated heterocycles. The maximum Gasteiger partial charge on any atom is 0.257 e. The maximum atomic E-state index is 14.4. The summed E-state index contributed by atoms with van der Waals surface area (Å²) < 4.78 is 40.0. The summed E-state index contributed by atoms with van der Waals surface area (Å²) in [4.78, 5) is 33.5. The van der Waals surface area contributed by atoms with Crippen LogP contribution in [0.3, 0.4) is 0 Å². The van der Waals surface area contributed by atoms with Crippen molar-refractivity contribution in [2.45, 2.75) is 52.6 Å². The average Bonchev–Trinajstić information content (AvgIpc) is 2.76. The van der Waals surface area contributed by atoms with Gasteiger partial charge in [0.05, 0.1) is 5.56 Å². The highest BCUT2D eigenvalue weighted by Crippen LogP contribution is 2.39. The third kappa shape index (κ3) is 5.66. The van der Waals surface area contributed by atoms with Crippen molar-refractivity contribution >= 4 is 17.5 Å². The molecule has 1 aromatic carbocycles. The summed E-state index contributed by atoms with van der Waals surface area (Å²) >= 11 is 0. The van der Waals surface area contributed by atoms with Crippen molar-refractivity contribution in [3.05, 3.63) is 58.7 Å². The molecular formula is C26H31F3N4O2. The Morgan fingerprint density at radius 2 is 1.91 bits per heavy atom. The third-order valence-corrected chi connectivity index (χ3v) is 7.17. The molecule has 2 amide bonds. The fraction of sp³-hybridized carbons (Fsp3) is 0.500. The zero-order chi connectivity index (χ0) is 25.3. The van der Waals surface area contributed by atoms with Gasteiger partial charge in [0, 0.05) is 61.6 Å². The van der Waals surface area contributed by atoms with Crippen LogP contribution in [0.1, 0.15) is 46.9 Å². The smallest absolute Gasteiger partial charge is 0.257 e. The minimum absolute atomic E-state index is 0.0356. The van der Waals surface area contributed by atoms with Gasteiger partial charge in [-0.1, -0.05) is 0 Å². The third-order valence-electron chi connectivity index (χ3n) is 7.17. The van der Waals surface area contributed by atoms with E-state index in [1.807, 2.05) is 20.8 Å². The summed E-state index contributed by atoms with van der Waals surface area (Å²) in [5.74, 6) is -1.80. The number of aryl methyl sites for hydroxylation is 1. The van der Waals surface area contributed by atoms with Crippen molar-refractivity contribution in [2.24, 2.45) is 11.8 Å². The molecule has 1 saturated carbocycles. The number of carbonyl (C=O) groups excluding carboxylic acids is 2. The predicted molar refractivity (Wildman–Crippen MR) is 127 cm³/mol. The molecule has 6 nitrogen and oxygen atoms in total. The van der Waals surface area contributed by atoms with Crippen LogP contribution < -0.4 is 5.32 Å². The molecule has 1 aliphatic carbocycles. The van der Waals surface area contributed by atoms with Crippen LogP contribution in [0.4, 0.5) is 18.9 Å². The molecule has 2 aromatic rings. The molecule has 0 radical (unpaired) electrons. The summed E-state index contributed by atoms with van der Waals surface area (Å²) in [6.45, 7) is 7.81. The zero-order valence-corrected chi connectivity index (χ0v) is 20.2. The fourth-order valence-corrected chi connectivity index (χ4v) is 4.87. The summed E-state index contributed by atoms with van der Waals surface area (Å²) in [5.41, 5.74) is 3.13. The Bertz CT molecular complexity index is 1090. The Labute approximate surface area is 203 Å². The molecule has 1 aliphatic heterocycles. The zero-order valence-electron chi connectivity index (χ0n) is 20.2. The first kappa shape index (κ1) is 25.2. The maximum absolute atomic E-state index is 14.4. The first-order valence-electron chi connectivity index (χ1n) is 12.0. The summed E-state index contributed by atoms with van der Waals surface area (Å²) in [5, 5.41) is 2.79. The van der Waals surface area contributed by atoms with Gasteiger partial charge in [0.25, 0.3) is 5.91 Å². The molecule has 2 aliphatic rings. The van der Waals surface area contributed by atoms with E-state index in [1.165, 1.54) is 18.3 Å². The Hall–Kier alpha value is -2.94. The standard InChI is InChI=1S/C26H31F3N4O2/c1-15-4-5-18(12-30-15)25(34)31-23-11-22(27)10-21(17(23)3)14-32-6-7-33(16(2)13-32)26(35)20-8-19(9-20)24(28)29/h4-5,10-12,16,19-20,24H,6-9,13-14H2,1-3H3,(H,31,34)/t16-,19?,20?/m0/s1. The normalized spacial score (nSPS) is 22.7. The monoisotopic (exact) mass is 488 g/mol. The highest BCUT2D eigenvalue weighted by atomic mass is 19.3. The van der Waals surface area contributed by atoms with Gasteiger partial charge in [-0.15, -0.1) is 0 Å². The largest absolute Gasteiger partial charge is 0.337 e. The highest BCUT2D eigenvalue weighted by Gasteiger charge is 2.42. The predicted octanol–water partition coefficient (Wildman–Crippen LogP) is 4.41. The second-order valence-electron chi connectivity index (χ2n) is 9.76. The second kappa shape index (κ2) is 10.4. The number of halogens is 3. The van der Waals surface area contributed by atoms with E-state index in [0.717, 1.165) is 16.8 Å². The van der Waals surface area contributed by atoms with Crippen LogP contribution >= 0.6 is 0 Å². The molecule has 0 bridgehead atoms. The molecule has 1 aromatic heterocycles. The SMILES string of the molecule is Cc1ccc(C(=O)Nc2cc(F)cc(CN3CCN(C(=O)C4CC(C(F)F)C4)[C@@H](C)C3)c2C)cn1. The van der Waals surface area contributed by atoms with Gasteiger partial charge < -0.3 is 10.2 Å². The van der Waals surface area contributed by atoms with Crippen LogP contribution in [0.25, 0.3) is 0 Å². The molecule has 1 N–H and O–H groups in total. The van der Waals surface area contributed by atoms with E-state index in [-0.39, 0.29) is 36.6 Å². The number of hydrogen-bond acceptors (Lipinski definition) is 4. The van der Waals surface area contributed by atoms with Crippen LogP contribution in [0.5, 0.6) is 0 Å². The van der Waals surface area contributed by atoms with Gasteiger partial charge in [0.15, 0.2) is 0 Å². The average molecular weight is 489 g/mol. The number of piperazine rings is 1. The molecule has 9 heteroatoms. The van der Waals surface area contributed by atoms with Crippen molar-refractivity contribution in [1.82, 2.24) is 14.8 Å². The van der Waals surface area contributed by atoms with E-state index in [9.17, 15) is 22.8 Å². The minimum Gasteiger partial charge on any atom is -0.337 e. The Balaban J connectivity index is 1.38. The Morgan fingerprint density at radius 3 is 2.54 bits per heavy atom. The number of pyridine rings is 1. The minimum atomic E-state index is -2.36. The van der Waals surface area contributed by atoms with E-state index in [0.29, 0.717) is 37.4 Å². The van der Waals surface area contributed by atoms with Gasteiger partial charge in [0.2, 0.25) is 12.3 Å². The number of amides is 2. The van der Waals surface area contributed by atoms with Gasteiger partial charge in [-0.25, -0.2) is 13.2 Å². The number of aromatic nitrogens is 1. The van der Waals surface area contributed by atoms with Crippen molar-refractivity contribution in [1.29, 1.82) is 0 Å². The van der Waals surface area contributed by atoms with Gasteiger partial charge in [-0.2, -0.15) is 0 Å². The van der Waals surface area contributed by atoms with Crippen LogP contribution in [0.2, 0.25) is 0 Å². The lowest BCUT2D eigenvalue weighted by Gasteiger charge is -2.44. The number of nitrogens with one attached hydrogen (secondary N) is 1. The van der Waals surface area contributed by atoms with Gasteiger partial charge in [-0.3, -0.25) is 19.5 Å². The van der Waals surface area contributed by atoms with E-state index < -0.39 is 18.2 Å². The van der Waals surface area contributed by atoms with Crippen LogP contribution in [-0.4, -0.2) is 58.7 Å². The number of anilines is 1. The van der Waals surface area contributed by atoms with Crippen LogP contribution in [0.15, 0.2) is 30.5 Å². The van der Waals surface area contributed by atoms with Gasteiger partial charge in [-0.05, 0) is 69.0 Å². The molecule has 4 rings (SSSR count). The van der Waals surface area contributed by atoms with Crippen LogP contribution in [-0.2, 0) is 11.3 Å². The lowest BCUT2D eigenvalue weighted by molar-refractivity contribution is -0.147. The summed E-state index contributed by atoms with van der Waals surface area (Å²) in [7, 11) is 0. The molecule has 188 valence electrons. The first-order valence-corrected chi connectivity index (χ1v) is 12.0. The summed E-state index contributed by atoms with van der Waals surface area (Å²) in [6, 6.07) is 6.13. The highest BCUT2D eigenvalue weighted by molar-refractivity contribution is 6.04. The van der Waals surface area contributed by atoms with Crippen molar-refractivity contribution in [3.63, 3.8) is 0 Å². The quantitative estimate of drug-likeness (QED) is 0.654. The lowest BCUT2D eigenvalue weighted by Crippen LogP contribution is -2.56. The van der Waals surface area contributed by atoms with E-state index >= 15 is 0 Å². The molecule has 35 heavy (non-hydrogen) atoms. The molecule has 2 heterocycles. The Morgan fingerprint density at radius 1 is 1.17 bits per heavy atom. The molecule has 1 atom stereocenters. The lowest BCUT2D eigenvalue weighted by atomic mass is 9.74. The van der Waals surface area contributed by atoms with E-state index in [4.69, 9.17) is 0 Å². The van der Waals surface area contributed by atoms with E-state index in [2.05, 4.69) is 15.2 Å².